The SMILES string of the molecule is Cc1ccc(CNC(CS)C(=O)O)o1. The van der Waals surface area contributed by atoms with Crippen molar-refractivity contribution in [1.82, 2.24) is 5.32 Å². The van der Waals surface area contributed by atoms with Crippen LogP contribution in [0, 0.1) is 6.92 Å². The van der Waals surface area contributed by atoms with E-state index in [-0.39, 0.29) is 5.75 Å². The topological polar surface area (TPSA) is 62.5 Å². The number of hydrogen-bond acceptors (Lipinski definition) is 4. The molecule has 4 nitrogen and oxygen atoms in total. The van der Waals surface area contributed by atoms with Crippen molar-refractivity contribution in [2.24, 2.45) is 0 Å². The summed E-state index contributed by atoms with van der Waals surface area (Å²) in [5.41, 5.74) is 0. The lowest BCUT2D eigenvalue weighted by Crippen LogP contribution is -2.37. The molecule has 0 bridgehead atoms. The summed E-state index contributed by atoms with van der Waals surface area (Å²) in [6, 6.07) is 3.02. The molecule has 1 unspecified atom stereocenters. The minimum absolute atomic E-state index is 0.259. The van der Waals surface area contributed by atoms with E-state index in [2.05, 4.69) is 17.9 Å². The quantitative estimate of drug-likeness (QED) is 0.643. The number of aliphatic carboxylic acids is 1. The van der Waals surface area contributed by atoms with Crippen molar-refractivity contribution in [3.05, 3.63) is 23.7 Å². The van der Waals surface area contributed by atoms with Gasteiger partial charge < -0.3 is 9.52 Å². The van der Waals surface area contributed by atoms with E-state index in [1.165, 1.54) is 0 Å². The molecule has 0 spiro atoms. The zero-order valence-corrected chi connectivity index (χ0v) is 8.75. The summed E-state index contributed by atoms with van der Waals surface area (Å²) in [5, 5.41) is 11.5. The van der Waals surface area contributed by atoms with Gasteiger partial charge in [-0.2, -0.15) is 12.6 Å². The highest BCUT2D eigenvalue weighted by molar-refractivity contribution is 7.80. The van der Waals surface area contributed by atoms with Gasteiger partial charge in [0, 0.05) is 5.75 Å². The molecule has 0 saturated carbocycles. The van der Waals surface area contributed by atoms with Crippen LogP contribution in [0.2, 0.25) is 0 Å². The number of carbonyl (C=O) groups is 1. The fourth-order valence-corrected chi connectivity index (χ4v) is 1.32. The first-order chi connectivity index (χ1) is 6.63. The van der Waals surface area contributed by atoms with E-state index in [0.29, 0.717) is 6.54 Å². The van der Waals surface area contributed by atoms with Crippen LogP contribution in [-0.4, -0.2) is 22.9 Å². The van der Waals surface area contributed by atoms with Crippen molar-refractivity contribution >= 4 is 18.6 Å². The Bertz CT molecular complexity index is 311. The fraction of sp³-hybridized carbons (Fsp3) is 0.444. The molecule has 5 heteroatoms. The first-order valence-electron chi connectivity index (χ1n) is 4.26. The third-order valence-electron chi connectivity index (χ3n) is 1.80. The van der Waals surface area contributed by atoms with Crippen LogP contribution in [-0.2, 0) is 11.3 Å². The Hall–Kier alpha value is -0.940. The average molecular weight is 215 g/mol. The lowest BCUT2D eigenvalue weighted by atomic mass is 10.3. The lowest BCUT2D eigenvalue weighted by molar-refractivity contribution is -0.138. The van der Waals surface area contributed by atoms with Crippen LogP contribution < -0.4 is 5.32 Å². The Labute approximate surface area is 87.7 Å². The number of rotatable bonds is 5. The molecule has 1 heterocycles. The van der Waals surface area contributed by atoms with E-state index in [0.717, 1.165) is 11.5 Å². The van der Waals surface area contributed by atoms with Crippen LogP contribution in [0.25, 0.3) is 0 Å². The van der Waals surface area contributed by atoms with E-state index in [9.17, 15) is 4.79 Å². The van der Waals surface area contributed by atoms with Gasteiger partial charge in [-0.05, 0) is 19.1 Å². The second kappa shape index (κ2) is 5.07. The van der Waals surface area contributed by atoms with Crippen LogP contribution in [0.4, 0.5) is 0 Å². The normalized spacial score (nSPS) is 12.7. The van der Waals surface area contributed by atoms with Gasteiger partial charge in [-0.15, -0.1) is 0 Å². The molecule has 1 aromatic rings. The number of nitrogens with one attached hydrogen (secondary N) is 1. The first-order valence-corrected chi connectivity index (χ1v) is 4.89. The second-order valence-electron chi connectivity index (χ2n) is 2.97. The van der Waals surface area contributed by atoms with Crippen molar-refractivity contribution in [2.45, 2.75) is 19.5 Å². The van der Waals surface area contributed by atoms with Crippen molar-refractivity contribution in [1.29, 1.82) is 0 Å². The van der Waals surface area contributed by atoms with E-state index < -0.39 is 12.0 Å². The average Bonchev–Trinajstić information content (AvgIpc) is 2.52. The van der Waals surface area contributed by atoms with Gasteiger partial charge in [0.2, 0.25) is 0 Å². The maximum Gasteiger partial charge on any atom is 0.321 e. The third kappa shape index (κ3) is 3.08. The molecule has 0 amide bonds. The largest absolute Gasteiger partial charge is 0.480 e. The van der Waals surface area contributed by atoms with E-state index in [1.54, 1.807) is 0 Å². The Morgan fingerprint density at radius 3 is 2.86 bits per heavy atom. The highest BCUT2D eigenvalue weighted by Crippen LogP contribution is 2.05. The number of furan rings is 1. The maximum atomic E-state index is 10.6. The molecule has 0 aliphatic heterocycles. The molecule has 14 heavy (non-hydrogen) atoms. The molecular weight excluding hydrogens is 202 g/mol. The summed E-state index contributed by atoms with van der Waals surface area (Å²) in [6.45, 7) is 2.25. The van der Waals surface area contributed by atoms with Gasteiger partial charge >= 0.3 is 5.97 Å². The molecule has 78 valence electrons. The van der Waals surface area contributed by atoms with Crippen LogP contribution in [0.3, 0.4) is 0 Å². The molecule has 1 atom stereocenters. The standard InChI is InChI=1S/C9H13NO3S/c1-6-2-3-7(13-6)4-10-8(5-14)9(11)12/h2-3,8,10,14H,4-5H2,1H3,(H,11,12). The number of aryl methyl sites for hydroxylation is 1. The Balaban J connectivity index is 2.43. The predicted octanol–water partition coefficient (Wildman–Crippen LogP) is 1.06. The number of hydrogen-bond donors (Lipinski definition) is 3. The van der Waals surface area contributed by atoms with Gasteiger partial charge in [0.05, 0.1) is 6.54 Å². The first kappa shape index (κ1) is 11.1. The van der Waals surface area contributed by atoms with Gasteiger partial charge in [0.25, 0.3) is 0 Å². The highest BCUT2D eigenvalue weighted by atomic mass is 32.1. The van der Waals surface area contributed by atoms with Crippen LogP contribution in [0.15, 0.2) is 16.5 Å². The molecule has 0 radical (unpaired) electrons. The number of carboxylic acids is 1. The van der Waals surface area contributed by atoms with Crippen molar-refractivity contribution < 1.29 is 14.3 Å². The molecule has 0 fully saturated rings. The predicted molar refractivity (Wildman–Crippen MR) is 55.6 cm³/mol. The summed E-state index contributed by atoms with van der Waals surface area (Å²) < 4.78 is 5.28. The summed E-state index contributed by atoms with van der Waals surface area (Å²) in [7, 11) is 0. The summed E-state index contributed by atoms with van der Waals surface area (Å²) in [4.78, 5) is 10.6. The molecule has 2 N–H and O–H groups in total. The number of carboxylic acid groups (broad SMARTS) is 1. The van der Waals surface area contributed by atoms with E-state index >= 15 is 0 Å². The molecule has 0 aliphatic rings. The van der Waals surface area contributed by atoms with Crippen LogP contribution in [0.5, 0.6) is 0 Å². The van der Waals surface area contributed by atoms with Crippen molar-refractivity contribution in [2.75, 3.05) is 5.75 Å². The smallest absolute Gasteiger partial charge is 0.321 e. The molecule has 0 saturated heterocycles. The molecular formula is C9H13NO3S. The van der Waals surface area contributed by atoms with Crippen molar-refractivity contribution in [3.63, 3.8) is 0 Å². The summed E-state index contributed by atoms with van der Waals surface area (Å²) in [5.74, 6) is 0.910. The van der Waals surface area contributed by atoms with E-state index in [1.807, 2.05) is 19.1 Å². The number of thiol groups is 1. The monoisotopic (exact) mass is 215 g/mol. The highest BCUT2D eigenvalue weighted by Gasteiger charge is 2.14. The Kier molecular flexibility index (Phi) is 4.03. The Morgan fingerprint density at radius 2 is 2.43 bits per heavy atom. The van der Waals surface area contributed by atoms with Crippen molar-refractivity contribution in [3.8, 4) is 0 Å². The third-order valence-corrected chi connectivity index (χ3v) is 2.16. The zero-order chi connectivity index (χ0) is 10.6. The Morgan fingerprint density at radius 1 is 1.71 bits per heavy atom. The minimum Gasteiger partial charge on any atom is -0.480 e. The molecule has 1 aromatic heterocycles. The van der Waals surface area contributed by atoms with Crippen LogP contribution >= 0.6 is 12.6 Å². The van der Waals surface area contributed by atoms with Gasteiger partial charge in [-0.3, -0.25) is 10.1 Å². The fourth-order valence-electron chi connectivity index (χ4n) is 1.03. The van der Waals surface area contributed by atoms with Gasteiger partial charge in [0.15, 0.2) is 0 Å². The molecule has 0 aliphatic carbocycles. The van der Waals surface area contributed by atoms with Gasteiger partial charge in [0.1, 0.15) is 17.6 Å². The van der Waals surface area contributed by atoms with Crippen LogP contribution in [0.1, 0.15) is 11.5 Å². The lowest BCUT2D eigenvalue weighted by Gasteiger charge is -2.09. The summed E-state index contributed by atoms with van der Waals surface area (Å²) >= 11 is 3.93. The summed E-state index contributed by atoms with van der Waals surface area (Å²) in [6.07, 6.45) is 0. The van der Waals surface area contributed by atoms with E-state index in [4.69, 9.17) is 9.52 Å². The maximum absolute atomic E-state index is 10.6. The molecule has 0 aromatic carbocycles. The zero-order valence-electron chi connectivity index (χ0n) is 7.86. The minimum atomic E-state index is -0.900. The van der Waals surface area contributed by atoms with Gasteiger partial charge in [-0.25, -0.2) is 0 Å². The van der Waals surface area contributed by atoms with Gasteiger partial charge in [-0.1, -0.05) is 0 Å². The molecule has 1 rings (SSSR count). The second-order valence-corrected chi connectivity index (χ2v) is 3.33.